The smallest absolute Gasteiger partial charge is 0.125 e. The Kier molecular flexibility index (Phi) is 3.08. The fourth-order valence-corrected chi connectivity index (χ4v) is 2.44. The van der Waals surface area contributed by atoms with Crippen LogP contribution in [0.25, 0.3) is 16.6 Å². The number of aromatic nitrogens is 1. The van der Waals surface area contributed by atoms with Gasteiger partial charge in [0.05, 0.1) is 5.52 Å². The first-order valence-electron chi connectivity index (χ1n) is 6.64. The lowest BCUT2D eigenvalue weighted by atomic mass is 10.1. The number of rotatable bonds is 3. The second kappa shape index (κ2) is 4.88. The van der Waals surface area contributed by atoms with Gasteiger partial charge in [-0.2, -0.15) is 0 Å². The van der Waals surface area contributed by atoms with E-state index in [-0.39, 0.29) is 5.82 Å². The van der Waals surface area contributed by atoms with E-state index in [4.69, 9.17) is 0 Å². The number of hydrogen-bond acceptors (Lipinski definition) is 0. The maximum Gasteiger partial charge on any atom is 0.125 e. The summed E-state index contributed by atoms with van der Waals surface area (Å²) in [6.45, 7) is 2.18. The van der Waals surface area contributed by atoms with Crippen LogP contribution in [0.15, 0.2) is 54.7 Å². The summed E-state index contributed by atoms with van der Waals surface area (Å²) in [4.78, 5) is 0. The highest BCUT2D eigenvalue weighted by atomic mass is 19.1. The molecule has 1 nitrogen and oxygen atoms in total. The minimum absolute atomic E-state index is 0.199. The molecule has 0 saturated heterocycles. The van der Waals surface area contributed by atoms with Crippen LogP contribution in [0.1, 0.15) is 18.9 Å². The molecule has 19 heavy (non-hydrogen) atoms. The molecule has 0 radical (unpaired) electrons. The van der Waals surface area contributed by atoms with E-state index in [1.807, 2.05) is 22.9 Å². The highest BCUT2D eigenvalue weighted by molar-refractivity contribution is 5.82. The second-order valence-corrected chi connectivity index (χ2v) is 4.81. The molecule has 2 heteroatoms. The zero-order valence-electron chi connectivity index (χ0n) is 10.9. The molecule has 1 aromatic heterocycles. The summed E-state index contributed by atoms with van der Waals surface area (Å²) < 4.78 is 15.4. The lowest BCUT2D eigenvalue weighted by Gasteiger charge is -2.07. The summed E-state index contributed by atoms with van der Waals surface area (Å²) in [6, 6.07) is 15.4. The molecule has 0 spiro atoms. The lowest BCUT2D eigenvalue weighted by molar-refractivity contribution is 0.629. The summed E-state index contributed by atoms with van der Waals surface area (Å²) in [5, 5.41) is 1.05. The molecule has 0 saturated carbocycles. The third kappa shape index (κ3) is 2.26. The van der Waals surface area contributed by atoms with E-state index in [1.165, 1.54) is 11.6 Å². The molecule has 3 aromatic rings. The quantitative estimate of drug-likeness (QED) is 0.636. The number of aryl methyl sites for hydroxylation is 1. The molecule has 0 aliphatic heterocycles. The van der Waals surface area contributed by atoms with Crippen molar-refractivity contribution < 1.29 is 4.39 Å². The van der Waals surface area contributed by atoms with Gasteiger partial charge in [0.2, 0.25) is 0 Å². The second-order valence-electron chi connectivity index (χ2n) is 4.81. The van der Waals surface area contributed by atoms with E-state index in [2.05, 4.69) is 31.2 Å². The number of hydrogen-bond donors (Lipinski definition) is 0. The number of benzene rings is 2. The minimum Gasteiger partial charge on any atom is -0.316 e. The van der Waals surface area contributed by atoms with Gasteiger partial charge in [0.1, 0.15) is 5.82 Å². The molecule has 0 atom stereocenters. The molecule has 0 bridgehead atoms. The van der Waals surface area contributed by atoms with Crippen LogP contribution in [0.2, 0.25) is 0 Å². The van der Waals surface area contributed by atoms with Crippen LogP contribution < -0.4 is 0 Å². The third-order valence-electron chi connectivity index (χ3n) is 3.41. The first kappa shape index (κ1) is 12.0. The molecule has 96 valence electrons. The van der Waals surface area contributed by atoms with Crippen molar-refractivity contribution in [3.8, 4) is 5.69 Å². The van der Waals surface area contributed by atoms with Crippen LogP contribution in [0.5, 0.6) is 0 Å². The largest absolute Gasteiger partial charge is 0.316 e. The van der Waals surface area contributed by atoms with E-state index in [0.29, 0.717) is 0 Å². The van der Waals surface area contributed by atoms with Gasteiger partial charge in [0.15, 0.2) is 0 Å². The van der Waals surface area contributed by atoms with Gasteiger partial charge in [0.25, 0.3) is 0 Å². The van der Waals surface area contributed by atoms with Gasteiger partial charge in [-0.3, -0.25) is 0 Å². The molecular formula is C17H16FN. The Morgan fingerprint density at radius 2 is 1.79 bits per heavy atom. The lowest BCUT2D eigenvalue weighted by Crippen LogP contribution is -1.93. The Balaban J connectivity index is 2.06. The van der Waals surface area contributed by atoms with E-state index >= 15 is 0 Å². The molecule has 0 N–H and O–H groups in total. The zero-order valence-corrected chi connectivity index (χ0v) is 10.9. The van der Waals surface area contributed by atoms with Crippen molar-refractivity contribution in [2.75, 3.05) is 0 Å². The van der Waals surface area contributed by atoms with Gasteiger partial charge in [-0.25, -0.2) is 4.39 Å². The summed E-state index contributed by atoms with van der Waals surface area (Å²) in [7, 11) is 0. The highest BCUT2D eigenvalue weighted by Gasteiger charge is 2.04. The Labute approximate surface area is 112 Å². The fourth-order valence-electron chi connectivity index (χ4n) is 2.44. The summed E-state index contributed by atoms with van der Waals surface area (Å²) >= 11 is 0. The summed E-state index contributed by atoms with van der Waals surface area (Å²) in [5.74, 6) is -0.199. The fraction of sp³-hybridized carbons (Fsp3) is 0.176. The summed E-state index contributed by atoms with van der Waals surface area (Å²) in [6.07, 6.45) is 4.23. The van der Waals surface area contributed by atoms with Crippen LogP contribution in [0.3, 0.4) is 0 Å². The van der Waals surface area contributed by atoms with Crippen LogP contribution in [-0.2, 0) is 6.42 Å². The molecule has 0 aliphatic rings. The van der Waals surface area contributed by atoms with Crippen LogP contribution in [0.4, 0.5) is 4.39 Å². The van der Waals surface area contributed by atoms with E-state index in [1.54, 1.807) is 6.07 Å². The maximum absolute atomic E-state index is 13.4. The van der Waals surface area contributed by atoms with Gasteiger partial charge in [0, 0.05) is 17.3 Å². The first-order valence-corrected chi connectivity index (χ1v) is 6.64. The van der Waals surface area contributed by atoms with E-state index in [0.717, 1.165) is 29.4 Å². The third-order valence-corrected chi connectivity index (χ3v) is 3.41. The molecule has 0 unspecified atom stereocenters. The SMILES string of the molecule is CCCc1ccc(-n2ccc3ccc(F)cc32)cc1. The number of fused-ring (bicyclic) bond motifs is 1. The molecule has 2 aromatic carbocycles. The highest BCUT2D eigenvalue weighted by Crippen LogP contribution is 2.21. The van der Waals surface area contributed by atoms with Gasteiger partial charge in [-0.1, -0.05) is 25.5 Å². The van der Waals surface area contributed by atoms with Crippen molar-refractivity contribution >= 4 is 10.9 Å². The van der Waals surface area contributed by atoms with Crippen molar-refractivity contribution in [2.24, 2.45) is 0 Å². The van der Waals surface area contributed by atoms with Gasteiger partial charge in [-0.15, -0.1) is 0 Å². The van der Waals surface area contributed by atoms with Crippen molar-refractivity contribution in [1.29, 1.82) is 0 Å². The molecular weight excluding hydrogens is 237 g/mol. The van der Waals surface area contributed by atoms with Crippen molar-refractivity contribution in [1.82, 2.24) is 4.57 Å². The van der Waals surface area contributed by atoms with Gasteiger partial charge in [-0.05, 0) is 48.4 Å². The Morgan fingerprint density at radius 1 is 1.00 bits per heavy atom. The monoisotopic (exact) mass is 253 g/mol. The molecule has 0 aliphatic carbocycles. The van der Waals surface area contributed by atoms with E-state index < -0.39 is 0 Å². The van der Waals surface area contributed by atoms with Crippen molar-refractivity contribution in [3.05, 3.63) is 66.1 Å². The normalized spacial score (nSPS) is 11.1. The molecule has 0 amide bonds. The topological polar surface area (TPSA) is 4.93 Å². The van der Waals surface area contributed by atoms with E-state index in [9.17, 15) is 4.39 Å². The van der Waals surface area contributed by atoms with Crippen molar-refractivity contribution in [2.45, 2.75) is 19.8 Å². The van der Waals surface area contributed by atoms with Crippen molar-refractivity contribution in [3.63, 3.8) is 0 Å². The molecule has 1 heterocycles. The van der Waals surface area contributed by atoms with Gasteiger partial charge >= 0.3 is 0 Å². The standard InChI is InChI=1S/C17H16FN/c1-2-3-13-4-8-16(9-5-13)19-11-10-14-6-7-15(18)12-17(14)19/h4-12H,2-3H2,1H3. The minimum atomic E-state index is -0.199. The Hall–Kier alpha value is -2.09. The van der Waals surface area contributed by atoms with Gasteiger partial charge < -0.3 is 4.57 Å². The maximum atomic E-state index is 13.4. The predicted molar refractivity (Wildman–Crippen MR) is 77.2 cm³/mol. The number of nitrogens with zero attached hydrogens (tertiary/aromatic N) is 1. The molecule has 0 fully saturated rings. The summed E-state index contributed by atoms with van der Waals surface area (Å²) in [5.41, 5.74) is 3.32. The Bertz CT molecular complexity index is 695. The van der Waals surface area contributed by atoms with Crippen LogP contribution in [-0.4, -0.2) is 4.57 Å². The number of halogens is 1. The Morgan fingerprint density at radius 3 is 2.53 bits per heavy atom. The average Bonchev–Trinajstić information content (AvgIpc) is 2.83. The predicted octanol–water partition coefficient (Wildman–Crippen LogP) is 4.72. The zero-order chi connectivity index (χ0) is 13.2. The van der Waals surface area contributed by atoms with Crippen LogP contribution in [0, 0.1) is 5.82 Å². The molecule has 3 rings (SSSR count). The average molecular weight is 253 g/mol. The van der Waals surface area contributed by atoms with Crippen LogP contribution >= 0.6 is 0 Å². The first-order chi connectivity index (χ1) is 9.28.